The van der Waals surface area contributed by atoms with Gasteiger partial charge in [-0.15, -0.1) is 11.3 Å². The van der Waals surface area contributed by atoms with Gasteiger partial charge in [-0.1, -0.05) is 53.0 Å². The van der Waals surface area contributed by atoms with E-state index in [0.29, 0.717) is 20.7 Å². The Morgan fingerprint density at radius 1 is 1.07 bits per heavy atom. The molecule has 0 bridgehead atoms. The summed E-state index contributed by atoms with van der Waals surface area (Å²) in [6.07, 6.45) is -0.901. The second-order valence-electron chi connectivity index (χ2n) is 5.52. The van der Waals surface area contributed by atoms with Crippen LogP contribution < -0.4 is 15.6 Å². The molecule has 1 heterocycles. The number of nitrogens with one attached hydrogen (secondary N) is 2. The lowest BCUT2D eigenvalue weighted by atomic mass is 10.2. The second-order valence-corrected chi connectivity index (χ2v) is 7.79. The van der Waals surface area contributed by atoms with Crippen molar-refractivity contribution in [2.24, 2.45) is 0 Å². The highest BCUT2D eigenvalue weighted by molar-refractivity contribution is 7.21. The van der Waals surface area contributed by atoms with Crippen LogP contribution in [0.3, 0.4) is 0 Å². The van der Waals surface area contributed by atoms with E-state index in [0.717, 1.165) is 10.1 Å². The lowest BCUT2D eigenvalue weighted by molar-refractivity contribution is -0.128. The zero-order valence-corrected chi connectivity index (χ0v) is 17.0. The largest absolute Gasteiger partial charge is 0.479 e. The third-order valence-electron chi connectivity index (χ3n) is 3.61. The molecule has 0 radical (unpaired) electrons. The Labute approximate surface area is 174 Å². The molecule has 2 aromatic carbocycles. The lowest BCUT2D eigenvalue weighted by Gasteiger charge is -2.16. The summed E-state index contributed by atoms with van der Waals surface area (Å²) in [5.41, 5.74) is 4.66. The zero-order valence-electron chi connectivity index (χ0n) is 13.9. The van der Waals surface area contributed by atoms with Crippen LogP contribution in [0.25, 0.3) is 10.1 Å². The monoisotopic (exact) mass is 442 g/mol. The van der Waals surface area contributed by atoms with E-state index in [4.69, 9.17) is 39.5 Å². The van der Waals surface area contributed by atoms with Crippen molar-refractivity contribution in [1.29, 1.82) is 0 Å². The number of hydrogen-bond donors (Lipinski definition) is 2. The van der Waals surface area contributed by atoms with E-state index in [1.54, 1.807) is 12.1 Å². The van der Waals surface area contributed by atoms with Crippen LogP contribution in [-0.4, -0.2) is 17.9 Å². The minimum absolute atomic E-state index is 0.281. The van der Waals surface area contributed by atoms with Crippen molar-refractivity contribution in [2.45, 2.75) is 13.0 Å². The Morgan fingerprint density at radius 2 is 1.81 bits per heavy atom. The predicted molar refractivity (Wildman–Crippen MR) is 109 cm³/mol. The molecule has 1 aromatic heterocycles. The summed E-state index contributed by atoms with van der Waals surface area (Å²) >= 11 is 19.3. The number of halogens is 3. The number of thiophene rings is 1. The van der Waals surface area contributed by atoms with Crippen molar-refractivity contribution in [3.8, 4) is 5.75 Å². The maximum atomic E-state index is 12.3. The van der Waals surface area contributed by atoms with E-state index in [-0.39, 0.29) is 5.02 Å². The number of ether oxygens (including phenoxy) is 1. The SMILES string of the molecule is CC(Oc1ccc(Cl)cc1Cl)C(=O)NNC(=O)c1sc2ccccc2c1Cl. The molecule has 5 nitrogen and oxygen atoms in total. The van der Waals surface area contributed by atoms with Crippen molar-refractivity contribution in [2.75, 3.05) is 0 Å². The lowest BCUT2D eigenvalue weighted by Crippen LogP contribution is -2.47. The average Bonchev–Trinajstić information content (AvgIpc) is 2.99. The van der Waals surface area contributed by atoms with Crippen LogP contribution in [0.5, 0.6) is 5.75 Å². The molecule has 0 saturated carbocycles. The minimum Gasteiger partial charge on any atom is -0.479 e. The molecule has 1 unspecified atom stereocenters. The van der Waals surface area contributed by atoms with Crippen molar-refractivity contribution < 1.29 is 14.3 Å². The molecule has 0 fully saturated rings. The first-order valence-corrected chi connectivity index (χ1v) is 9.71. The van der Waals surface area contributed by atoms with Crippen molar-refractivity contribution in [3.05, 3.63) is 62.4 Å². The molecule has 2 amide bonds. The molecule has 0 aliphatic heterocycles. The Kier molecular flexibility index (Phi) is 6.11. The van der Waals surface area contributed by atoms with Crippen LogP contribution in [0.4, 0.5) is 0 Å². The molecule has 3 rings (SSSR count). The van der Waals surface area contributed by atoms with Crippen LogP contribution >= 0.6 is 46.1 Å². The van der Waals surface area contributed by atoms with Crippen molar-refractivity contribution >= 4 is 68.0 Å². The molecule has 140 valence electrons. The highest BCUT2D eigenvalue weighted by Crippen LogP contribution is 2.34. The standard InChI is InChI=1S/C18H13Cl3N2O3S/c1-9(26-13-7-6-10(19)8-12(13)20)17(24)22-23-18(25)16-15(21)11-4-2-3-5-14(11)27-16/h2-9H,1H3,(H,22,24)(H,23,25). The van der Waals surface area contributed by atoms with Crippen LogP contribution in [0, 0.1) is 0 Å². The predicted octanol–water partition coefficient (Wildman–Crippen LogP) is 5.09. The first-order chi connectivity index (χ1) is 12.9. The fourth-order valence-corrected chi connectivity index (χ4v) is 4.12. The summed E-state index contributed by atoms with van der Waals surface area (Å²) in [6, 6.07) is 12.1. The molecule has 2 N–H and O–H groups in total. The fraction of sp³-hybridized carbons (Fsp3) is 0.111. The van der Waals surface area contributed by atoms with Gasteiger partial charge in [0, 0.05) is 15.1 Å². The van der Waals surface area contributed by atoms with Crippen molar-refractivity contribution in [1.82, 2.24) is 10.9 Å². The highest BCUT2D eigenvalue weighted by atomic mass is 35.5. The van der Waals surface area contributed by atoms with E-state index in [2.05, 4.69) is 10.9 Å². The number of carbonyl (C=O) groups is 2. The number of hydrogen-bond acceptors (Lipinski definition) is 4. The maximum Gasteiger partial charge on any atom is 0.281 e. The fourth-order valence-electron chi connectivity index (χ4n) is 2.25. The number of amides is 2. The van der Waals surface area contributed by atoms with Gasteiger partial charge in [-0.25, -0.2) is 0 Å². The van der Waals surface area contributed by atoms with Gasteiger partial charge in [-0.2, -0.15) is 0 Å². The van der Waals surface area contributed by atoms with E-state index in [9.17, 15) is 9.59 Å². The number of fused-ring (bicyclic) bond motifs is 1. The van der Waals surface area contributed by atoms with Gasteiger partial charge in [-0.3, -0.25) is 20.4 Å². The first-order valence-electron chi connectivity index (χ1n) is 7.75. The molecule has 0 spiro atoms. The normalized spacial score (nSPS) is 11.9. The Hall–Kier alpha value is -1.99. The van der Waals surface area contributed by atoms with Crippen LogP contribution in [-0.2, 0) is 4.79 Å². The van der Waals surface area contributed by atoms with E-state index < -0.39 is 17.9 Å². The Balaban J connectivity index is 1.62. The van der Waals surface area contributed by atoms with Crippen LogP contribution in [0.15, 0.2) is 42.5 Å². The van der Waals surface area contributed by atoms with E-state index in [1.807, 2.05) is 24.3 Å². The Bertz CT molecular complexity index is 1020. The average molecular weight is 444 g/mol. The van der Waals surface area contributed by atoms with Gasteiger partial charge in [0.05, 0.1) is 10.0 Å². The van der Waals surface area contributed by atoms with Crippen LogP contribution in [0.2, 0.25) is 15.1 Å². The topological polar surface area (TPSA) is 67.4 Å². The van der Waals surface area contributed by atoms with E-state index >= 15 is 0 Å². The number of benzene rings is 2. The molecular weight excluding hydrogens is 431 g/mol. The third-order valence-corrected chi connectivity index (χ3v) is 5.81. The van der Waals surface area contributed by atoms with Crippen LogP contribution in [0.1, 0.15) is 16.6 Å². The summed E-state index contributed by atoms with van der Waals surface area (Å²) < 4.78 is 6.38. The number of hydrazine groups is 1. The quantitative estimate of drug-likeness (QED) is 0.552. The first kappa shape index (κ1) is 19.8. The molecule has 9 heteroatoms. The molecule has 0 saturated heterocycles. The van der Waals surface area contributed by atoms with Gasteiger partial charge in [-0.05, 0) is 31.2 Å². The molecular formula is C18H13Cl3N2O3S. The summed E-state index contributed by atoms with van der Waals surface area (Å²) in [5.74, 6) is -0.750. The molecule has 27 heavy (non-hydrogen) atoms. The highest BCUT2D eigenvalue weighted by Gasteiger charge is 2.20. The minimum atomic E-state index is -0.901. The van der Waals surface area contributed by atoms with Gasteiger partial charge in [0.25, 0.3) is 11.8 Å². The summed E-state index contributed by atoms with van der Waals surface area (Å²) in [4.78, 5) is 24.8. The molecule has 0 aliphatic carbocycles. The van der Waals surface area contributed by atoms with Gasteiger partial charge in [0.1, 0.15) is 10.6 Å². The summed E-state index contributed by atoms with van der Waals surface area (Å²) in [7, 11) is 0. The third kappa shape index (κ3) is 4.47. The zero-order chi connectivity index (χ0) is 19.6. The number of carbonyl (C=O) groups excluding carboxylic acids is 2. The summed E-state index contributed by atoms with van der Waals surface area (Å²) in [5, 5.41) is 1.87. The number of rotatable bonds is 4. The van der Waals surface area contributed by atoms with Crippen molar-refractivity contribution in [3.63, 3.8) is 0 Å². The Morgan fingerprint density at radius 3 is 2.52 bits per heavy atom. The molecule has 1 atom stereocenters. The maximum absolute atomic E-state index is 12.3. The molecule has 3 aromatic rings. The van der Waals surface area contributed by atoms with Gasteiger partial charge >= 0.3 is 0 Å². The smallest absolute Gasteiger partial charge is 0.281 e. The second kappa shape index (κ2) is 8.35. The van der Waals surface area contributed by atoms with Gasteiger partial charge in [0.15, 0.2) is 6.10 Å². The van der Waals surface area contributed by atoms with Gasteiger partial charge < -0.3 is 4.74 Å². The summed E-state index contributed by atoms with van der Waals surface area (Å²) in [6.45, 7) is 1.53. The van der Waals surface area contributed by atoms with E-state index in [1.165, 1.54) is 24.3 Å². The molecule has 0 aliphatic rings. The van der Waals surface area contributed by atoms with Gasteiger partial charge in [0.2, 0.25) is 0 Å².